The second kappa shape index (κ2) is 7.36. The van der Waals surface area contributed by atoms with Gasteiger partial charge in [-0.25, -0.2) is 5.10 Å². The van der Waals surface area contributed by atoms with E-state index in [9.17, 15) is 4.79 Å². The molecule has 0 radical (unpaired) electrons. The number of rotatable bonds is 7. The van der Waals surface area contributed by atoms with Gasteiger partial charge in [-0.2, -0.15) is 4.98 Å². The van der Waals surface area contributed by atoms with Crippen molar-refractivity contribution in [3.8, 4) is 0 Å². The number of hydrogen-bond donors (Lipinski definition) is 3. The lowest BCUT2D eigenvalue weighted by molar-refractivity contribution is -0.113. The topological polar surface area (TPSA) is 122 Å². The van der Waals surface area contributed by atoms with Crippen LogP contribution in [0.1, 0.15) is 37.6 Å². The van der Waals surface area contributed by atoms with Crippen LogP contribution in [0.2, 0.25) is 0 Å². The van der Waals surface area contributed by atoms with E-state index >= 15 is 0 Å². The number of aromatic amines is 1. The van der Waals surface area contributed by atoms with Crippen LogP contribution in [0.3, 0.4) is 0 Å². The molecule has 0 spiro atoms. The van der Waals surface area contributed by atoms with Gasteiger partial charge in [-0.3, -0.25) is 10.1 Å². The average Bonchev–Trinajstić information content (AvgIpc) is 3.06. The van der Waals surface area contributed by atoms with Gasteiger partial charge in [0.1, 0.15) is 5.01 Å². The number of hydrogen-bond acceptors (Lipinski definition) is 8. The van der Waals surface area contributed by atoms with Crippen LogP contribution in [-0.2, 0) is 4.79 Å². The summed E-state index contributed by atoms with van der Waals surface area (Å²) in [5, 5.41) is 19.1. The molecule has 0 aliphatic carbocycles. The van der Waals surface area contributed by atoms with Crippen LogP contribution in [0.15, 0.2) is 5.16 Å². The Bertz CT molecular complexity index is 597. The number of H-pyrrole nitrogens is 1. The molecule has 21 heavy (non-hydrogen) atoms. The number of nitrogens with one attached hydrogen (secondary N) is 2. The number of carbonyl (C=O) groups excluding carboxylic acids is 1. The molecule has 2 heterocycles. The summed E-state index contributed by atoms with van der Waals surface area (Å²) in [6, 6.07) is 0. The van der Waals surface area contributed by atoms with Crippen molar-refractivity contribution >= 4 is 40.1 Å². The van der Waals surface area contributed by atoms with Crippen molar-refractivity contribution in [2.75, 3.05) is 16.8 Å². The van der Waals surface area contributed by atoms with Crippen molar-refractivity contribution in [1.82, 2.24) is 25.4 Å². The molecule has 114 valence electrons. The van der Waals surface area contributed by atoms with Crippen LogP contribution in [0.4, 0.5) is 11.1 Å². The molecule has 0 bridgehead atoms. The van der Waals surface area contributed by atoms with Gasteiger partial charge in [0, 0.05) is 5.92 Å². The predicted octanol–water partition coefficient (Wildman–Crippen LogP) is 1.87. The van der Waals surface area contributed by atoms with Crippen LogP contribution >= 0.6 is 23.1 Å². The third-order valence-corrected chi connectivity index (χ3v) is 4.56. The van der Waals surface area contributed by atoms with Crippen molar-refractivity contribution in [2.45, 2.75) is 37.8 Å². The van der Waals surface area contributed by atoms with Crippen molar-refractivity contribution in [3.05, 3.63) is 5.01 Å². The van der Waals surface area contributed by atoms with Crippen molar-refractivity contribution in [2.24, 2.45) is 0 Å². The van der Waals surface area contributed by atoms with Gasteiger partial charge in [-0.15, -0.1) is 15.3 Å². The van der Waals surface area contributed by atoms with E-state index in [2.05, 4.69) is 44.5 Å². The first-order chi connectivity index (χ1) is 10.1. The Balaban J connectivity index is 1.82. The average molecular weight is 327 g/mol. The van der Waals surface area contributed by atoms with Gasteiger partial charge < -0.3 is 5.73 Å². The van der Waals surface area contributed by atoms with E-state index in [0.717, 1.165) is 17.8 Å². The molecule has 4 N–H and O–H groups in total. The largest absolute Gasteiger partial charge is 0.368 e. The molecule has 2 aromatic heterocycles. The molecule has 0 saturated carbocycles. The maximum absolute atomic E-state index is 11.8. The lowest BCUT2D eigenvalue weighted by atomic mass is 10.1. The first kappa shape index (κ1) is 15.7. The van der Waals surface area contributed by atoms with Gasteiger partial charge in [0.05, 0.1) is 5.75 Å². The quantitative estimate of drug-likeness (QED) is 0.663. The third-order valence-electron chi connectivity index (χ3n) is 2.64. The minimum atomic E-state index is -0.172. The van der Waals surface area contributed by atoms with E-state index in [-0.39, 0.29) is 17.6 Å². The number of carbonyl (C=O) groups is 1. The molecule has 1 unspecified atom stereocenters. The summed E-state index contributed by atoms with van der Waals surface area (Å²) in [5.41, 5.74) is 5.40. The fourth-order valence-corrected chi connectivity index (χ4v) is 3.10. The summed E-state index contributed by atoms with van der Waals surface area (Å²) in [5.74, 6) is 0.617. The highest BCUT2D eigenvalue weighted by molar-refractivity contribution is 7.99. The van der Waals surface area contributed by atoms with Crippen molar-refractivity contribution in [3.63, 3.8) is 0 Å². The SMILES string of the molecule is CCCC(C)c1nnc(NC(=O)CSc2n[nH]c(N)n2)s1. The van der Waals surface area contributed by atoms with E-state index in [4.69, 9.17) is 5.73 Å². The van der Waals surface area contributed by atoms with E-state index in [1.165, 1.54) is 23.1 Å². The summed E-state index contributed by atoms with van der Waals surface area (Å²) < 4.78 is 0. The fourth-order valence-electron chi connectivity index (χ4n) is 1.65. The Kier molecular flexibility index (Phi) is 5.51. The standard InChI is InChI=1S/C11H17N7OS2/c1-3-4-6(2)8-15-18-11(21-8)13-7(19)5-20-10-14-9(12)16-17-10/h6H,3-5H2,1-2H3,(H,13,18,19)(H3,12,14,16,17). The Morgan fingerprint density at radius 2 is 2.33 bits per heavy atom. The zero-order chi connectivity index (χ0) is 15.2. The molecule has 2 rings (SSSR count). The van der Waals surface area contributed by atoms with Crippen LogP contribution < -0.4 is 11.1 Å². The fraction of sp³-hybridized carbons (Fsp3) is 0.545. The summed E-state index contributed by atoms with van der Waals surface area (Å²) >= 11 is 2.61. The van der Waals surface area contributed by atoms with Crippen LogP contribution in [0, 0.1) is 0 Å². The maximum Gasteiger partial charge on any atom is 0.236 e. The van der Waals surface area contributed by atoms with Crippen LogP contribution in [0.25, 0.3) is 0 Å². The van der Waals surface area contributed by atoms with Gasteiger partial charge in [0.25, 0.3) is 0 Å². The van der Waals surface area contributed by atoms with E-state index in [0.29, 0.717) is 16.2 Å². The second-order valence-corrected chi connectivity index (χ2v) is 6.43. The third kappa shape index (κ3) is 4.67. The number of thioether (sulfide) groups is 1. The molecule has 0 saturated heterocycles. The molecule has 0 fully saturated rings. The lowest BCUT2D eigenvalue weighted by Crippen LogP contribution is -2.13. The van der Waals surface area contributed by atoms with E-state index < -0.39 is 0 Å². The highest BCUT2D eigenvalue weighted by atomic mass is 32.2. The summed E-state index contributed by atoms with van der Waals surface area (Å²) in [6.07, 6.45) is 2.16. The number of amides is 1. The van der Waals surface area contributed by atoms with Gasteiger partial charge in [-0.1, -0.05) is 43.4 Å². The number of nitrogens with zero attached hydrogens (tertiary/aromatic N) is 4. The predicted molar refractivity (Wildman–Crippen MR) is 83.4 cm³/mol. The Morgan fingerprint density at radius 1 is 1.52 bits per heavy atom. The zero-order valence-corrected chi connectivity index (χ0v) is 13.4. The van der Waals surface area contributed by atoms with Crippen molar-refractivity contribution in [1.29, 1.82) is 0 Å². The number of anilines is 2. The molecule has 1 amide bonds. The first-order valence-electron chi connectivity index (χ1n) is 6.52. The monoisotopic (exact) mass is 327 g/mol. The smallest absolute Gasteiger partial charge is 0.236 e. The van der Waals surface area contributed by atoms with Crippen LogP contribution in [0.5, 0.6) is 0 Å². The normalized spacial score (nSPS) is 12.3. The summed E-state index contributed by atoms with van der Waals surface area (Å²) in [6.45, 7) is 4.24. The van der Waals surface area contributed by atoms with Gasteiger partial charge in [0.15, 0.2) is 0 Å². The highest BCUT2D eigenvalue weighted by Gasteiger charge is 2.13. The molecule has 10 heteroatoms. The van der Waals surface area contributed by atoms with Crippen molar-refractivity contribution < 1.29 is 4.79 Å². The van der Waals surface area contributed by atoms with Gasteiger partial charge in [0.2, 0.25) is 22.1 Å². The Hall–Kier alpha value is -1.68. The zero-order valence-electron chi connectivity index (χ0n) is 11.8. The lowest BCUT2D eigenvalue weighted by Gasteiger charge is -2.03. The highest BCUT2D eigenvalue weighted by Crippen LogP contribution is 2.26. The summed E-state index contributed by atoms with van der Waals surface area (Å²) in [4.78, 5) is 15.7. The molecule has 2 aromatic rings. The van der Waals surface area contributed by atoms with E-state index in [1.54, 1.807) is 0 Å². The molecule has 1 atom stereocenters. The first-order valence-corrected chi connectivity index (χ1v) is 8.32. The van der Waals surface area contributed by atoms with Gasteiger partial charge >= 0.3 is 0 Å². The summed E-state index contributed by atoms with van der Waals surface area (Å²) in [7, 11) is 0. The molecular formula is C11H17N7OS2. The molecule has 8 nitrogen and oxygen atoms in total. The molecular weight excluding hydrogens is 310 g/mol. The second-order valence-electron chi connectivity index (χ2n) is 4.48. The minimum Gasteiger partial charge on any atom is -0.368 e. The number of aromatic nitrogens is 5. The minimum absolute atomic E-state index is 0.172. The number of nitrogens with two attached hydrogens (primary N) is 1. The molecule has 0 aliphatic rings. The molecule has 0 aromatic carbocycles. The van der Waals surface area contributed by atoms with Crippen LogP contribution in [-0.4, -0.2) is 37.0 Å². The van der Waals surface area contributed by atoms with Gasteiger partial charge in [-0.05, 0) is 6.42 Å². The Labute approximate surface area is 130 Å². The number of nitrogen functional groups attached to an aromatic ring is 1. The molecule has 0 aliphatic heterocycles. The van der Waals surface area contributed by atoms with E-state index in [1.807, 2.05) is 0 Å². The Morgan fingerprint density at radius 3 is 3.00 bits per heavy atom. The maximum atomic E-state index is 11.8.